The minimum atomic E-state index is -6.25. The Morgan fingerprint density at radius 3 is 1.22 bits per heavy atom. The average molecular weight is 360 g/mol. The third kappa shape index (κ3) is 3.39. The van der Waals surface area contributed by atoms with Crippen LogP contribution in [0, 0.1) is 0 Å². The van der Waals surface area contributed by atoms with Crippen LogP contribution in [0.25, 0.3) is 0 Å². The second kappa shape index (κ2) is 6.30. The Hall–Kier alpha value is -0.720. The molecule has 1 aliphatic rings. The first-order valence-corrected chi connectivity index (χ1v) is 6.60. The first-order chi connectivity index (χ1) is 10.3. The van der Waals surface area contributed by atoms with E-state index in [1.807, 2.05) is 0 Å². The number of nitrogens with two attached hydrogens (primary N) is 2. The van der Waals surface area contributed by atoms with Crippen molar-refractivity contribution in [2.75, 3.05) is 13.1 Å². The predicted molar refractivity (Wildman–Crippen MR) is 61.3 cm³/mol. The zero-order valence-corrected chi connectivity index (χ0v) is 11.7. The summed E-state index contributed by atoms with van der Waals surface area (Å²) in [6.45, 7) is -0.597. The molecule has 138 valence electrons. The first-order valence-electron chi connectivity index (χ1n) is 6.60. The van der Waals surface area contributed by atoms with Crippen LogP contribution in [0.3, 0.4) is 0 Å². The van der Waals surface area contributed by atoms with Gasteiger partial charge in [0.2, 0.25) is 0 Å². The van der Waals surface area contributed by atoms with Crippen LogP contribution in [-0.2, 0) is 9.47 Å². The van der Waals surface area contributed by atoms with Crippen LogP contribution in [0.5, 0.6) is 0 Å². The number of hydrogen-bond donors (Lipinski definition) is 2. The minimum absolute atomic E-state index is 0.299. The molecule has 0 spiro atoms. The van der Waals surface area contributed by atoms with Gasteiger partial charge >= 0.3 is 18.1 Å². The maximum absolute atomic E-state index is 14.6. The number of halogens is 8. The first kappa shape index (κ1) is 20.3. The standard InChI is InChI=1S/C11H16F8N2O2/c12-7(3-1-5-20)8(13,4-2-6-21)23-9(22-7,10(14,15)16)11(17,18)19/h1-6,20-21H2. The van der Waals surface area contributed by atoms with Crippen molar-refractivity contribution in [3.63, 3.8) is 0 Å². The molecule has 0 amide bonds. The topological polar surface area (TPSA) is 70.5 Å². The Kier molecular flexibility index (Phi) is 5.56. The minimum Gasteiger partial charge on any atom is -0.330 e. The molecule has 0 aromatic rings. The lowest BCUT2D eigenvalue weighted by molar-refractivity contribution is -0.459. The molecule has 12 heteroatoms. The van der Waals surface area contributed by atoms with Gasteiger partial charge in [0, 0.05) is 12.8 Å². The molecular formula is C11H16F8N2O2. The highest BCUT2D eigenvalue weighted by Gasteiger charge is 2.85. The fourth-order valence-corrected chi connectivity index (χ4v) is 2.16. The lowest BCUT2D eigenvalue weighted by Gasteiger charge is -2.31. The Labute approximate surface area is 126 Å². The van der Waals surface area contributed by atoms with Gasteiger partial charge in [-0.2, -0.15) is 26.3 Å². The Bertz CT molecular complexity index is 378. The number of hydrogen-bond acceptors (Lipinski definition) is 4. The number of rotatable bonds is 6. The van der Waals surface area contributed by atoms with Gasteiger partial charge in [-0.25, -0.2) is 8.78 Å². The third-order valence-corrected chi connectivity index (χ3v) is 3.32. The smallest absolute Gasteiger partial charge is 0.330 e. The molecule has 0 aromatic heterocycles. The van der Waals surface area contributed by atoms with E-state index in [1.54, 1.807) is 0 Å². The van der Waals surface area contributed by atoms with Crippen LogP contribution >= 0.6 is 0 Å². The summed E-state index contributed by atoms with van der Waals surface area (Å²) in [6, 6.07) is 0. The lowest BCUT2D eigenvalue weighted by atomic mass is 9.99. The molecule has 0 aromatic carbocycles. The largest absolute Gasteiger partial charge is 0.453 e. The van der Waals surface area contributed by atoms with E-state index in [0.29, 0.717) is 0 Å². The normalized spacial score (nSPS) is 31.6. The van der Waals surface area contributed by atoms with Gasteiger partial charge in [-0.1, -0.05) is 0 Å². The van der Waals surface area contributed by atoms with E-state index in [4.69, 9.17) is 11.5 Å². The van der Waals surface area contributed by atoms with E-state index in [1.165, 1.54) is 0 Å². The van der Waals surface area contributed by atoms with Crippen LogP contribution in [0.4, 0.5) is 35.1 Å². The number of alkyl halides is 8. The molecule has 1 aliphatic heterocycles. The molecule has 23 heavy (non-hydrogen) atoms. The molecule has 1 saturated heterocycles. The molecule has 1 heterocycles. The monoisotopic (exact) mass is 360 g/mol. The summed E-state index contributed by atoms with van der Waals surface area (Å²) >= 11 is 0. The molecule has 2 unspecified atom stereocenters. The molecule has 0 aliphatic carbocycles. The van der Waals surface area contributed by atoms with Gasteiger partial charge in [0.25, 0.3) is 11.7 Å². The zero-order chi connectivity index (χ0) is 18.2. The summed E-state index contributed by atoms with van der Waals surface area (Å²) in [5.41, 5.74) is 10.1. The summed E-state index contributed by atoms with van der Waals surface area (Å²) in [6.07, 6.45) is -15.6. The fraction of sp³-hybridized carbons (Fsp3) is 1.00. The highest BCUT2D eigenvalue weighted by atomic mass is 19.4. The maximum Gasteiger partial charge on any atom is 0.453 e. The fourth-order valence-electron chi connectivity index (χ4n) is 2.16. The summed E-state index contributed by atoms with van der Waals surface area (Å²) in [5, 5.41) is 0. The highest BCUT2D eigenvalue weighted by molar-refractivity contribution is 5.03. The van der Waals surface area contributed by atoms with Crippen molar-refractivity contribution in [3.05, 3.63) is 0 Å². The van der Waals surface area contributed by atoms with Crippen molar-refractivity contribution < 1.29 is 44.6 Å². The Balaban J connectivity index is 3.35. The zero-order valence-electron chi connectivity index (χ0n) is 11.7. The molecule has 0 radical (unpaired) electrons. The summed E-state index contributed by atoms with van der Waals surface area (Å²) < 4.78 is 114. The van der Waals surface area contributed by atoms with E-state index in [9.17, 15) is 35.1 Å². The van der Waals surface area contributed by atoms with Crippen LogP contribution < -0.4 is 11.5 Å². The third-order valence-electron chi connectivity index (χ3n) is 3.32. The maximum atomic E-state index is 14.6. The Morgan fingerprint density at radius 1 is 0.696 bits per heavy atom. The molecule has 4 nitrogen and oxygen atoms in total. The van der Waals surface area contributed by atoms with Gasteiger partial charge in [0.05, 0.1) is 0 Å². The van der Waals surface area contributed by atoms with Crippen LogP contribution in [-0.4, -0.2) is 42.9 Å². The predicted octanol–water partition coefficient (Wildman–Crippen LogP) is 2.66. The molecule has 1 rings (SSSR count). The van der Waals surface area contributed by atoms with Crippen LogP contribution in [0.2, 0.25) is 0 Å². The van der Waals surface area contributed by atoms with E-state index in [2.05, 4.69) is 9.47 Å². The van der Waals surface area contributed by atoms with Crippen molar-refractivity contribution in [1.82, 2.24) is 0 Å². The summed E-state index contributed by atoms with van der Waals surface area (Å²) in [4.78, 5) is 0. The van der Waals surface area contributed by atoms with Crippen LogP contribution in [0.15, 0.2) is 0 Å². The quantitative estimate of drug-likeness (QED) is 0.715. The van der Waals surface area contributed by atoms with Crippen molar-refractivity contribution >= 4 is 0 Å². The van der Waals surface area contributed by atoms with Crippen molar-refractivity contribution in [1.29, 1.82) is 0 Å². The average Bonchev–Trinajstić information content (AvgIpc) is 2.64. The molecule has 1 fully saturated rings. The van der Waals surface area contributed by atoms with Crippen molar-refractivity contribution in [2.45, 2.75) is 55.5 Å². The van der Waals surface area contributed by atoms with Crippen LogP contribution in [0.1, 0.15) is 25.7 Å². The summed E-state index contributed by atoms with van der Waals surface area (Å²) in [7, 11) is 0. The highest BCUT2D eigenvalue weighted by Crippen LogP contribution is 2.60. The molecular weight excluding hydrogens is 344 g/mol. The van der Waals surface area contributed by atoms with E-state index in [0.717, 1.165) is 0 Å². The van der Waals surface area contributed by atoms with Gasteiger partial charge < -0.3 is 11.5 Å². The lowest BCUT2D eigenvalue weighted by Crippen LogP contribution is -2.59. The van der Waals surface area contributed by atoms with Gasteiger partial charge in [0.1, 0.15) is 0 Å². The molecule has 0 bridgehead atoms. The second-order valence-electron chi connectivity index (χ2n) is 5.06. The molecule has 4 N–H and O–H groups in total. The summed E-state index contributed by atoms with van der Waals surface area (Å²) in [5.74, 6) is -13.3. The van der Waals surface area contributed by atoms with E-state index >= 15 is 0 Å². The molecule has 0 saturated carbocycles. The molecule has 2 atom stereocenters. The van der Waals surface area contributed by atoms with Crippen molar-refractivity contribution in [2.24, 2.45) is 11.5 Å². The SMILES string of the molecule is NCCCC1(F)OC(C(F)(F)F)(C(F)(F)F)OC1(F)CCCN. The van der Waals surface area contributed by atoms with Gasteiger partial charge in [-0.05, 0) is 25.9 Å². The second-order valence-corrected chi connectivity index (χ2v) is 5.06. The van der Waals surface area contributed by atoms with Gasteiger partial charge in [0.15, 0.2) is 0 Å². The van der Waals surface area contributed by atoms with Crippen molar-refractivity contribution in [3.8, 4) is 0 Å². The number of ether oxygens (including phenoxy) is 2. The van der Waals surface area contributed by atoms with E-state index < -0.39 is 55.5 Å². The van der Waals surface area contributed by atoms with Gasteiger partial charge in [-0.3, -0.25) is 9.47 Å². The van der Waals surface area contributed by atoms with Gasteiger partial charge in [-0.15, -0.1) is 0 Å². The van der Waals surface area contributed by atoms with E-state index in [-0.39, 0.29) is 13.1 Å². The Morgan fingerprint density at radius 2 is 1.00 bits per heavy atom.